The molecule has 0 fully saturated rings. The summed E-state index contributed by atoms with van der Waals surface area (Å²) in [6.07, 6.45) is -27.9. The molecule has 0 aromatic heterocycles. The third kappa shape index (κ3) is 3.92. The molecule has 0 heterocycles. The second-order valence-electron chi connectivity index (χ2n) is 3.54. The zero-order chi connectivity index (χ0) is 19.3. The van der Waals surface area contributed by atoms with Crippen molar-refractivity contribution in [1.29, 1.82) is 0 Å². The van der Waals surface area contributed by atoms with Gasteiger partial charge in [0, 0.05) is 0 Å². The summed E-state index contributed by atoms with van der Waals surface area (Å²) in [6.45, 7) is 0. The molecule has 0 aliphatic heterocycles. The lowest BCUT2D eigenvalue weighted by molar-refractivity contribution is -0.378. The van der Waals surface area contributed by atoms with Gasteiger partial charge in [0.1, 0.15) is 0 Å². The Morgan fingerprint density at radius 3 is 1.17 bits per heavy atom. The molecule has 1 unspecified atom stereocenters. The minimum atomic E-state index is -7.66. The number of hydrogen-bond donors (Lipinski definition) is 0. The topological polar surface area (TPSA) is 43.4 Å². The SMILES string of the molecule is O=S(=O)(F)OC(F)([C](F)C(F)(C(F)(F)F)C(F)(F)F)C(F)(F)F. The average molecular weight is 399 g/mol. The monoisotopic (exact) mass is 399 g/mol. The van der Waals surface area contributed by atoms with Crippen LogP contribution in [0, 0.1) is 6.17 Å². The van der Waals surface area contributed by atoms with E-state index in [4.69, 9.17) is 0 Å². The van der Waals surface area contributed by atoms with Crippen molar-refractivity contribution in [3.8, 4) is 0 Å². The van der Waals surface area contributed by atoms with Gasteiger partial charge in [-0.1, -0.05) is 3.89 Å². The van der Waals surface area contributed by atoms with Crippen molar-refractivity contribution >= 4 is 10.5 Å². The number of rotatable bonds is 4. The highest BCUT2D eigenvalue weighted by Gasteiger charge is 2.86. The van der Waals surface area contributed by atoms with Crippen LogP contribution < -0.4 is 0 Å². The van der Waals surface area contributed by atoms with Crippen molar-refractivity contribution in [3.63, 3.8) is 0 Å². The molecule has 0 saturated carbocycles. The van der Waals surface area contributed by atoms with Crippen molar-refractivity contribution in [3.05, 3.63) is 6.17 Å². The molecular formula is C6F13O3S. The summed E-state index contributed by atoms with van der Waals surface area (Å²) < 4.78 is 180. The van der Waals surface area contributed by atoms with E-state index in [1.807, 2.05) is 0 Å². The maximum absolute atomic E-state index is 13.1. The first-order valence-corrected chi connectivity index (χ1v) is 5.68. The van der Waals surface area contributed by atoms with Crippen molar-refractivity contribution in [2.24, 2.45) is 0 Å². The Morgan fingerprint density at radius 2 is 1.00 bits per heavy atom. The predicted molar refractivity (Wildman–Crippen MR) is 41.3 cm³/mol. The molecular weight excluding hydrogens is 399 g/mol. The van der Waals surface area contributed by atoms with E-state index in [0.717, 1.165) is 0 Å². The summed E-state index contributed by atoms with van der Waals surface area (Å²) in [5.74, 6) is -7.25. The van der Waals surface area contributed by atoms with Gasteiger partial charge in [-0.3, -0.25) is 0 Å². The first-order chi connectivity index (χ1) is 9.61. The van der Waals surface area contributed by atoms with Crippen LogP contribution in [-0.4, -0.2) is 38.5 Å². The maximum atomic E-state index is 13.1. The second-order valence-corrected chi connectivity index (χ2v) is 4.49. The van der Waals surface area contributed by atoms with E-state index in [9.17, 15) is 65.0 Å². The summed E-state index contributed by atoms with van der Waals surface area (Å²) in [5.41, 5.74) is -7.66. The Hall–Kier alpha value is -1.00. The molecule has 0 aromatic rings. The van der Waals surface area contributed by atoms with Gasteiger partial charge in [-0.05, 0) is 0 Å². The Labute approximate surface area is 117 Å². The van der Waals surface area contributed by atoms with Gasteiger partial charge in [0.15, 0.2) is 0 Å². The van der Waals surface area contributed by atoms with Crippen LogP contribution in [0.2, 0.25) is 0 Å². The van der Waals surface area contributed by atoms with Crippen LogP contribution in [0.1, 0.15) is 0 Å². The molecule has 17 heteroatoms. The lowest BCUT2D eigenvalue weighted by atomic mass is 9.92. The number of halogens is 13. The van der Waals surface area contributed by atoms with Crippen LogP contribution in [0.25, 0.3) is 0 Å². The van der Waals surface area contributed by atoms with Crippen LogP contribution in [0.5, 0.6) is 0 Å². The molecule has 0 saturated heterocycles. The van der Waals surface area contributed by atoms with Crippen molar-refractivity contribution < 1.29 is 69.2 Å². The van der Waals surface area contributed by atoms with Crippen LogP contribution >= 0.6 is 0 Å². The highest BCUT2D eigenvalue weighted by molar-refractivity contribution is 7.81. The van der Waals surface area contributed by atoms with Gasteiger partial charge in [-0.2, -0.15) is 56.5 Å². The first kappa shape index (κ1) is 22.0. The van der Waals surface area contributed by atoms with E-state index in [1.54, 1.807) is 4.18 Å². The summed E-state index contributed by atoms with van der Waals surface area (Å²) in [4.78, 5) is 0. The van der Waals surface area contributed by atoms with Gasteiger partial charge in [0.2, 0.25) is 0 Å². The lowest BCUT2D eigenvalue weighted by Gasteiger charge is -2.37. The summed E-state index contributed by atoms with van der Waals surface area (Å²) in [5, 5.41) is 0. The molecule has 23 heavy (non-hydrogen) atoms. The Kier molecular flexibility index (Phi) is 5.28. The molecule has 1 radical (unpaired) electrons. The zero-order valence-corrected chi connectivity index (χ0v) is 10.4. The molecule has 0 spiro atoms. The Bertz CT molecular complexity index is 515. The van der Waals surface area contributed by atoms with Crippen LogP contribution in [0.3, 0.4) is 0 Å². The fourth-order valence-electron chi connectivity index (χ4n) is 0.977. The summed E-state index contributed by atoms with van der Waals surface area (Å²) >= 11 is 0. The third-order valence-corrected chi connectivity index (χ3v) is 2.37. The molecule has 3 nitrogen and oxygen atoms in total. The normalized spacial score (nSPS) is 18.2. The highest BCUT2D eigenvalue weighted by atomic mass is 32.3. The molecule has 0 amide bonds. The van der Waals surface area contributed by atoms with Gasteiger partial charge < -0.3 is 0 Å². The minimum Gasteiger partial charge on any atom is -0.229 e. The van der Waals surface area contributed by atoms with Gasteiger partial charge in [-0.15, -0.1) is 0 Å². The quantitative estimate of drug-likeness (QED) is 0.534. The second kappa shape index (κ2) is 5.52. The third-order valence-electron chi connectivity index (χ3n) is 1.94. The van der Waals surface area contributed by atoms with Crippen LogP contribution in [-0.2, 0) is 14.7 Å². The summed E-state index contributed by atoms with van der Waals surface area (Å²) in [7, 11) is -7.32. The maximum Gasteiger partial charge on any atom is 0.453 e. The molecule has 0 bridgehead atoms. The standard InChI is InChI=1S/C6F13O3S/c7-1(2(8,4(10,11)12)5(13,14)15)3(9,6(16,17)18)22-23(19,20)21. The molecule has 139 valence electrons. The zero-order valence-electron chi connectivity index (χ0n) is 9.55. The van der Waals surface area contributed by atoms with Crippen molar-refractivity contribution in [1.82, 2.24) is 0 Å². The molecule has 0 aromatic carbocycles. The van der Waals surface area contributed by atoms with E-state index in [-0.39, 0.29) is 0 Å². The van der Waals surface area contributed by atoms with Crippen molar-refractivity contribution in [2.75, 3.05) is 0 Å². The largest absolute Gasteiger partial charge is 0.453 e. The molecule has 0 rings (SSSR count). The first-order valence-electron chi connectivity index (χ1n) is 4.38. The summed E-state index contributed by atoms with van der Waals surface area (Å²) in [6, 6.07) is 0. The van der Waals surface area contributed by atoms with Crippen LogP contribution in [0.15, 0.2) is 0 Å². The van der Waals surface area contributed by atoms with E-state index >= 15 is 0 Å². The fourth-order valence-corrected chi connectivity index (χ4v) is 1.42. The van der Waals surface area contributed by atoms with E-state index in [1.165, 1.54) is 0 Å². The molecule has 0 aliphatic carbocycles. The van der Waals surface area contributed by atoms with Gasteiger partial charge >= 0.3 is 40.6 Å². The van der Waals surface area contributed by atoms with Gasteiger partial charge in [0.05, 0.1) is 0 Å². The smallest absolute Gasteiger partial charge is 0.229 e. The molecule has 1 atom stereocenters. The highest BCUT2D eigenvalue weighted by Crippen LogP contribution is 2.59. The van der Waals surface area contributed by atoms with E-state index in [0.29, 0.717) is 0 Å². The average Bonchev–Trinajstić information content (AvgIpc) is 2.19. The van der Waals surface area contributed by atoms with E-state index in [2.05, 4.69) is 0 Å². The van der Waals surface area contributed by atoms with E-state index < -0.39 is 46.7 Å². The van der Waals surface area contributed by atoms with Crippen LogP contribution in [0.4, 0.5) is 56.6 Å². The number of alkyl halides is 11. The molecule has 0 aliphatic rings. The minimum absolute atomic E-state index is 1.65. The fraction of sp³-hybridized carbons (Fsp3) is 0.833. The molecule has 0 N–H and O–H groups in total. The predicted octanol–water partition coefficient (Wildman–Crippen LogP) is 3.78. The lowest BCUT2D eigenvalue weighted by Crippen LogP contribution is -2.64. The van der Waals surface area contributed by atoms with Gasteiger partial charge in [0.25, 0.3) is 6.17 Å². The number of hydrogen-bond acceptors (Lipinski definition) is 3. The van der Waals surface area contributed by atoms with Crippen molar-refractivity contribution in [2.45, 2.75) is 30.1 Å². The Morgan fingerprint density at radius 1 is 0.696 bits per heavy atom. The van der Waals surface area contributed by atoms with Gasteiger partial charge in [-0.25, -0.2) is 8.78 Å². The Balaban J connectivity index is 6.50.